The number of hydrogen-bond donors (Lipinski definition) is 2. The summed E-state index contributed by atoms with van der Waals surface area (Å²) in [5.41, 5.74) is 0.998. The first-order valence-corrected chi connectivity index (χ1v) is 12.4. The second-order valence-corrected chi connectivity index (χ2v) is 10.0. The van der Waals surface area contributed by atoms with Crippen molar-refractivity contribution in [2.24, 2.45) is 11.8 Å². The number of anilines is 3. The fraction of sp³-hybridized carbons (Fsp3) is 0.542. The molecule has 3 heterocycles. The fourth-order valence-corrected chi connectivity index (χ4v) is 4.93. The van der Waals surface area contributed by atoms with Gasteiger partial charge in [-0.3, -0.25) is 0 Å². The highest BCUT2D eigenvalue weighted by atomic mass is 35.5. The summed E-state index contributed by atoms with van der Waals surface area (Å²) < 4.78 is 0. The van der Waals surface area contributed by atoms with Gasteiger partial charge >= 0.3 is 0 Å². The van der Waals surface area contributed by atoms with Crippen molar-refractivity contribution < 1.29 is 0 Å². The Labute approximate surface area is 201 Å². The first-order chi connectivity index (χ1) is 15.5. The van der Waals surface area contributed by atoms with E-state index < -0.39 is 0 Å². The van der Waals surface area contributed by atoms with Crippen molar-refractivity contribution in [1.82, 2.24) is 15.3 Å². The summed E-state index contributed by atoms with van der Waals surface area (Å²) >= 11 is 11.8. The Balaban J connectivity index is 1.51. The summed E-state index contributed by atoms with van der Waals surface area (Å²) in [7, 11) is 0. The maximum absolute atomic E-state index is 6.27. The van der Waals surface area contributed by atoms with Gasteiger partial charge in [-0.15, -0.1) is 0 Å². The minimum atomic E-state index is 0.493. The van der Waals surface area contributed by atoms with Gasteiger partial charge in [-0.05, 0) is 61.4 Å². The Kier molecular flexibility index (Phi) is 7.68. The number of rotatable bonds is 5. The normalized spacial score (nSPS) is 21.3. The number of nitrogens with zero attached hydrogens (tertiary/aromatic N) is 4. The second-order valence-electron chi connectivity index (χ2n) is 9.19. The van der Waals surface area contributed by atoms with E-state index in [9.17, 15) is 0 Å². The Morgan fingerprint density at radius 3 is 2.19 bits per heavy atom. The van der Waals surface area contributed by atoms with Gasteiger partial charge in [-0.25, -0.2) is 0 Å². The number of aromatic nitrogens is 2. The van der Waals surface area contributed by atoms with E-state index in [-0.39, 0.29) is 0 Å². The Morgan fingerprint density at radius 2 is 1.62 bits per heavy atom. The van der Waals surface area contributed by atoms with Gasteiger partial charge < -0.3 is 20.4 Å². The van der Waals surface area contributed by atoms with E-state index in [2.05, 4.69) is 40.3 Å². The highest BCUT2D eigenvalue weighted by Crippen LogP contribution is 2.28. The molecule has 0 bridgehead atoms. The van der Waals surface area contributed by atoms with Gasteiger partial charge in [0.15, 0.2) is 5.11 Å². The minimum absolute atomic E-state index is 0.493. The number of nitrogens with one attached hydrogen (secondary N) is 2. The largest absolute Gasteiger partial charge is 0.358 e. The molecular formula is C24H33ClN6S. The van der Waals surface area contributed by atoms with Gasteiger partial charge in [0.25, 0.3) is 0 Å². The molecule has 2 saturated heterocycles. The van der Waals surface area contributed by atoms with Crippen molar-refractivity contribution in [2.75, 3.05) is 41.3 Å². The summed E-state index contributed by atoms with van der Waals surface area (Å²) in [5.74, 6) is 3.86. The molecule has 0 aliphatic carbocycles. The molecule has 0 radical (unpaired) electrons. The van der Waals surface area contributed by atoms with Crippen molar-refractivity contribution in [3.05, 3.63) is 40.9 Å². The van der Waals surface area contributed by atoms with Gasteiger partial charge in [0, 0.05) is 43.8 Å². The average Bonchev–Trinajstić information content (AvgIpc) is 2.78. The summed E-state index contributed by atoms with van der Waals surface area (Å²) in [6, 6.07) is 9.92. The number of thiocarbonyl (C=S) groups is 1. The van der Waals surface area contributed by atoms with E-state index in [4.69, 9.17) is 33.8 Å². The molecular weight excluding hydrogens is 440 g/mol. The van der Waals surface area contributed by atoms with Crippen LogP contribution >= 0.6 is 23.8 Å². The number of benzene rings is 1. The molecule has 2 aliphatic heterocycles. The van der Waals surface area contributed by atoms with Gasteiger partial charge in [-0.1, -0.05) is 43.6 Å². The quantitative estimate of drug-likeness (QED) is 0.588. The van der Waals surface area contributed by atoms with Gasteiger partial charge in [0.1, 0.15) is 11.6 Å². The molecule has 2 atom stereocenters. The summed E-state index contributed by atoms with van der Waals surface area (Å²) in [6.45, 7) is 9.30. The molecule has 0 spiro atoms. The van der Waals surface area contributed by atoms with Crippen molar-refractivity contribution in [1.29, 1.82) is 0 Å². The summed E-state index contributed by atoms with van der Waals surface area (Å²) in [4.78, 5) is 14.5. The Hall–Kier alpha value is -2.12. The molecule has 2 fully saturated rings. The number of halogens is 1. The van der Waals surface area contributed by atoms with Crippen molar-refractivity contribution >= 4 is 46.5 Å². The standard InChI is InChI=1S/C24H33ClN6S/c1-17-7-5-11-30(15-17)21-13-22(31-12-6-8-18(2)16-31)28-23(27-21)29-24(32)26-14-19-9-3-4-10-20(19)25/h3-4,9-10,13,17-18H,5-8,11-12,14-16H2,1-2H3,(H2,26,27,28,29,32)/t17-,18-/m1/s1. The van der Waals surface area contributed by atoms with Crippen LogP contribution in [0.2, 0.25) is 5.02 Å². The van der Waals surface area contributed by atoms with Gasteiger partial charge in [-0.2, -0.15) is 9.97 Å². The highest BCUT2D eigenvalue weighted by molar-refractivity contribution is 7.80. The number of hydrogen-bond acceptors (Lipinski definition) is 5. The molecule has 0 saturated carbocycles. The maximum Gasteiger partial charge on any atom is 0.232 e. The smallest absolute Gasteiger partial charge is 0.232 e. The average molecular weight is 473 g/mol. The van der Waals surface area contributed by atoms with Crippen LogP contribution in [-0.4, -0.2) is 41.3 Å². The highest BCUT2D eigenvalue weighted by Gasteiger charge is 2.23. The maximum atomic E-state index is 6.27. The van der Waals surface area contributed by atoms with E-state index in [0.717, 1.165) is 48.4 Å². The van der Waals surface area contributed by atoms with Crippen molar-refractivity contribution in [3.63, 3.8) is 0 Å². The molecule has 8 heteroatoms. The van der Waals surface area contributed by atoms with Crippen LogP contribution in [0.4, 0.5) is 17.6 Å². The lowest BCUT2D eigenvalue weighted by molar-refractivity contribution is 0.441. The lowest BCUT2D eigenvalue weighted by atomic mass is 10.00. The molecule has 0 unspecified atom stereocenters. The Bertz CT molecular complexity index is 898. The van der Waals surface area contributed by atoms with Crippen LogP contribution in [0.15, 0.2) is 30.3 Å². The zero-order chi connectivity index (χ0) is 22.5. The molecule has 172 valence electrons. The first-order valence-electron chi connectivity index (χ1n) is 11.6. The molecule has 2 aromatic rings. The van der Waals surface area contributed by atoms with E-state index in [1.165, 1.54) is 25.7 Å². The molecule has 2 aliphatic rings. The zero-order valence-electron chi connectivity index (χ0n) is 19.0. The molecule has 1 aromatic heterocycles. The third-order valence-corrected chi connectivity index (χ3v) is 6.90. The van der Waals surface area contributed by atoms with Crippen LogP contribution in [0, 0.1) is 11.8 Å². The molecule has 6 nitrogen and oxygen atoms in total. The van der Waals surface area contributed by atoms with Gasteiger partial charge in [0.2, 0.25) is 5.95 Å². The first kappa shape index (κ1) is 23.1. The van der Waals surface area contributed by atoms with E-state index in [1.807, 2.05) is 24.3 Å². The third-order valence-electron chi connectivity index (χ3n) is 6.28. The lowest BCUT2D eigenvalue weighted by Gasteiger charge is -2.35. The lowest BCUT2D eigenvalue weighted by Crippen LogP contribution is -2.37. The third kappa shape index (κ3) is 6.01. The SMILES string of the molecule is C[C@@H]1CCCN(c2cc(N3CCC[C@@H](C)C3)nc(NC(=S)NCc3ccccc3Cl)n2)C1. The second kappa shape index (κ2) is 10.7. The van der Waals surface area contributed by atoms with Crippen LogP contribution in [0.5, 0.6) is 0 Å². The predicted octanol–water partition coefficient (Wildman–Crippen LogP) is 5.09. The van der Waals surface area contributed by atoms with Crippen molar-refractivity contribution in [3.8, 4) is 0 Å². The summed E-state index contributed by atoms with van der Waals surface area (Å²) in [5, 5.41) is 7.66. The van der Waals surface area contributed by atoms with Gasteiger partial charge in [0.05, 0.1) is 0 Å². The molecule has 0 amide bonds. The molecule has 32 heavy (non-hydrogen) atoms. The zero-order valence-corrected chi connectivity index (χ0v) is 20.6. The molecule has 2 N–H and O–H groups in total. The molecule has 1 aromatic carbocycles. The van der Waals surface area contributed by atoms with E-state index >= 15 is 0 Å². The minimum Gasteiger partial charge on any atom is -0.358 e. The Morgan fingerprint density at radius 1 is 1.03 bits per heavy atom. The van der Waals surface area contributed by atoms with Crippen LogP contribution in [-0.2, 0) is 6.54 Å². The predicted molar refractivity (Wildman–Crippen MR) is 138 cm³/mol. The van der Waals surface area contributed by atoms with E-state index in [0.29, 0.717) is 29.4 Å². The van der Waals surface area contributed by atoms with E-state index in [1.54, 1.807) is 0 Å². The fourth-order valence-electron chi connectivity index (χ4n) is 4.56. The van der Waals surface area contributed by atoms with Crippen LogP contribution in [0.3, 0.4) is 0 Å². The van der Waals surface area contributed by atoms with Crippen LogP contribution < -0.4 is 20.4 Å². The topological polar surface area (TPSA) is 56.3 Å². The molecule has 4 rings (SSSR count). The van der Waals surface area contributed by atoms with Crippen molar-refractivity contribution in [2.45, 2.75) is 46.1 Å². The monoisotopic (exact) mass is 472 g/mol. The van der Waals surface area contributed by atoms with Crippen LogP contribution in [0.25, 0.3) is 0 Å². The summed E-state index contributed by atoms with van der Waals surface area (Å²) in [6.07, 6.45) is 4.95. The van der Waals surface area contributed by atoms with Crippen LogP contribution in [0.1, 0.15) is 45.1 Å². The number of piperidine rings is 2.